The van der Waals surface area contributed by atoms with E-state index in [2.05, 4.69) is 15.4 Å². The first-order valence-corrected chi connectivity index (χ1v) is 9.71. The van der Waals surface area contributed by atoms with Crippen LogP contribution >= 0.6 is 0 Å². The van der Waals surface area contributed by atoms with Crippen LogP contribution in [0.5, 0.6) is 11.5 Å². The van der Waals surface area contributed by atoms with Crippen LogP contribution in [-0.4, -0.2) is 31.8 Å². The van der Waals surface area contributed by atoms with Gasteiger partial charge in [-0.25, -0.2) is 4.39 Å². The summed E-state index contributed by atoms with van der Waals surface area (Å²) in [7, 11) is 0. The number of hydrogen-bond acceptors (Lipinski definition) is 6. The summed E-state index contributed by atoms with van der Waals surface area (Å²) in [4.78, 5) is 13.4. The molecule has 30 heavy (non-hydrogen) atoms. The lowest BCUT2D eigenvalue weighted by Crippen LogP contribution is -2.25. The Hall–Kier alpha value is -3.29. The van der Waals surface area contributed by atoms with Crippen molar-refractivity contribution in [1.82, 2.24) is 20.2 Å². The molecule has 0 saturated heterocycles. The minimum Gasteiger partial charge on any atom is -0.460 e. The van der Waals surface area contributed by atoms with Gasteiger partial charge in [-0.15, -0.1) is 10.2 Å². The van der Waals surface area contributed by atoms with Gasteiger partial charge in [0.25, 0.3) is 0 Å². The molecule has 1 heterocycles. The molecule has 0 saturated carbocycles. The number of esters is 1. The van der Waals surface area contributed by atoms with Crippen molar-refractivity contribution in [3.8, 4) is 22.9 Å². The first-order valence-electron chi connectivity index (χ1n) is 9.71. The largest absolute Gasteiger partial charge is 0.460 e. The van der Waals surface area contributed by atoms with Crippen molar-refractivity contribution in [3.05, 3.63) is 54.3 Å². The summed E-state index contributed by atoms with van der Waals surface area (Å²) in [5.74, 6) is 1.09. The Labute approximate surface area is 174 Å². The maximum absolute atomic E-state index is 13.0. The molecule has 0 aliphatic rings. The number of ether oxygens (including phenoxy) is 2. The average molecular weight is 412 g/mol. The van der Waals surface area contributed by atoms with Gasteiger partial charge in [0.1, 0.15) is 22.9 Å². The Bertz CT molecular complexity index is 979. The molecular weight excluding hydrogens is 387 g/mol. The van der Waals surface area contributed by atoms with Crippen LogP contribution in [-0.2, 0) is 16.1 Å². The Morgan fingerprint density at radius 2 is 1.67 bits per heavy atom. The smallest absolute Gasteiger partial charge is 0.306 e. The second kappa shape index (κ2) is 9.02. The van der Waals surface area contributed by atoms with E-state index in [0.717, 1.165) is 5.56 Å². The fourth-order valence-electron chi connectivity index (χ4n) is 2.76. The van der Waals surface area contributed by atoms with E-state index in [1.165, 1.54) is 16.9 Å². The number of carbonyl (C=O) groups is 1. The molecule has 0 bridgehead atoms. The normalized spacial score (nSPS) is 12.4. The molecule has 0 aliphatic heterocycles. The van der Waals surface area contributed by atoms with Crippen LogP contribution in [0.3, 0.4) is 0 Å². The van der Waals surface area contributed by atoms with Gasteiger partial charge in [0.2, 0.25) is 5.82 Å². The first-order chi connectivity index (χ1) is 14.2. The van der Waals surface area contributed by atoms with Gasteiger partial charge in [0.15, 0.2) is 0 Å². The molecule has 3 aromatic rings. The van der Waals surface area contributed by atoms with Crippen molar-refractivity contribution >= 4 is 5.97 Å². The molecule has 0 spiro atoms. The number of hydrogen-bond donors (Lipinski definition) is 0. The molecule has 158 valence electrons. The molecule has 0 radical (unpaired) electrons. The Morgan fingerprint density at radius 1 is 1.07 bits per heavy atom. The van der Waals surface area contributed by atoms with Gasteiger partial charge in [0, 0.05) is 12.0 Å². The highest BCUT2D eigenvalue weighted by molar-refractivity contribution is 5.70. The summed E-state index contributed by atoms with van der Waals surface area (Å²) < 4.78 is 24.0. The highest BCUT2D eigenvalue weighted by Gasteiger charge is 2.19. The lowest BCUT2D eigenvalue weighted by molar-refractivity contribution is -0.155. The van der Waals surface area contributed by atoms with Gasteiger partial charge in [-0.3, -0.25) is 4.79 Å². The summed E-state index contributed by atoms with van der Waals surface area (Å²) in [6, 6.07) is 13.0. The minimum absolute atomic E-state index is 0.00776. The van der Waals surface area contributed by atoms with Crippen LogP contribution in [0.4, 0.5) is 4.39 Å². The Morgan fingerprint density at radius 3 is 2.27 bits per heavy atom. The van der Waals surface area contributed by atoms with Crippen LogP contribution in [0.2, 0.25) is 0 Å². The van der Waals surface area contributed by atoms with Crippen molar-refractivity contribution in [1.29, 1.82) is 0 Å². The van der Waals surface area contributed by atoms with Gasteiger partial charge in [-0.1, -0.05) is 6.92 Å². The van der Waals surface area contributed by atoms with Crippen molar-refractivity contribution in [2.24, 2.45) is 5.92 Å². The fraction of sp³-hybridized carbons (Fsp3) is 0.364. The number of aromatic nitrogens is 4. The molecule has 0 amide bonds. The maximum Gasteiger partial charge on any atom is 0.306 e. The third kappa shape index (κ3) is 6.37. The van der Waals surface area contributed by atoms with E-state index in [0.29, 0.717) is 23.9 Å². The predicted octanol–water partition coefficient (Wildman–Crippen LogP) is 4.64. The zero-order valence-electron chi connectivity index (χ0n) is 17.5. The summed E-state index contributed by atoms with van der Waals surface area (Å²) >= 11 is 0. The Kier molecular flexibility index (Phi) is 6.44. The summed E-state index contributed by atoms with van der Waals surface area (Å²) in [6.45, 7) is 7.93. The van der Waals surface area contributed by atoms with E-state index in [-0.39, 0.29) is 24.1 Å². The SMILES string of the molecule is C[C@H](CC(=O)OC(C)(C)C)Cn1nnc(-c2ccc(Oc3ccc(F)cc3)cc2)n1. The third-order valence-electron chi connectivity index (χ3n) is 4.02. The summed E-state index contributed by atoms with van der Waals surface area (Å²) in [5.41, 5.74) is 0.287. The molecule has 0 unspecified atom stereocenters. The number of benzene rings is 2. The molecular formula is C22H25FN4O3. The lowest BCUT2D eigenvalue weighted by atomic mass is 10.1. The van der Waals surface area contributed by atoms with E-state index < -0.39 is 5.60 Å². The predicted molar refractivity (Wildman–Crippen MR) is 109 cm³/mol. The maximum atomic E-state index is 13.0. The van der Waals surface area contributed by atoms with Crippen LogP contribution in [0.25, 0.3) is 11.4 Å². The lowest BCUT2D eigenvalue weighted by Gasteiger charge is -2.20. The molecule has 0 N–H and O–H groups in total. The minimum atomic E-state index is -0.498. The molecule has 0 fully saturated rings. The van der Waals surface area contributed by atoms with Crippen molar-refractivity contribution in [2.75, 3.05) is 0 Å². The number of rotatable bonds is 7. The quantitative estimate of drug-likeness (QED) is 0.526. The molecule has 8 heteroatoms. The van der Waals surface area contributed by atoms with E-state index in [4.69, 9.17) is 9.47 Å². The molecule has 1 atom stereocenters. The van der Waals surface area contributed by atoms with Crippen molar-refractivity contribution in [3.63, 3.8) is 0 Å². The van der Waals surface area contributed by atoms with Crippen LogP contribution < -0.4 is 4.74 Å². The second-order valence-corrected chi connectivity index (χ2v) is 8.14. The van der Waals surface area contributed by atoms with Gasteiger partial charge in [-0.05, 0) is 80.4 Å². The number of carbonyl (C=O) groups excluding carboxylic acids is 1. The molecule has 1 aromatic heterocycles. The zero-order valence-corrected chi connectivity index (χ0v) is 17.5. The van der Waals surface area contributed by atoms with Gasteiger partial charge < -0.3 is 9.47 Å². The van der Waals surface area contributed by atoms with E-state index >= 15 is 0 Å². The number of nitrogens with zero attached hydrogens (tertiary/aromatic N) is 4. The standard InChI is InChI=1S/C22H25FN4O3/c1-15(13-20(28)30-22(2,3)4)14-27-25-21(24-26-27)16-5-9-18(10-6-16)29-19-11-7-17(23)8-12-19/h5-12,15H,13-14H2,1-4H3/t15-/m1/s1. The van der Waals surface area contributed by atoms with Crippen LogP contribution in [0, 0.1) is 11.7 Å². The van der Waals surface area contributed by atoms with E-state index in [9.17, 15) is 9.18 Å². The van der Waals surface area contributed by atoms with Crippen LogP contribution in [0.1, 0.15) is 34.1 Å². The van der Waals surface area contributed by atoms with Gasteiger partial charge in [-0.2, -0.15) is 4.80 Å². The van der Waals surface area contributed by atoms with E-state index in [1.807, 2.05) is 39.8 Å². The van der Waals surface area contributed by atoms with Crippen molar-refractivity contribution < 1.29 is 18.7 Å². The highest BCUT2D eigenvalue weighted by atomic mass is 19.1. The molecule has 3 rings (SSSR count). The number of halogens is 1. The third-order valence-corrected chi connectivity index (χ3v) is 4.02. The molecule has 7 nitrogen and oxygen atoms in total. The number of tetrazole rings is 1. The summed E-state index contributed by atoms with van der Waals surface area (Å²) in [6.07, 6.45) is 0.281. The van der Waals surface area contributed by atoms with E-state index in [1.54, 1.807) is 24.3 Å². The first kappa shape index (κ1) is 21.4. The topological polar surface area (TPSA) is 79.1 Å². The molecule has 2 aromatic carbocycles. The fourth-order valence-corrected chi connectivity index (χ4v) is 2.76. The Balaban J connectivity index is 1.57. The van der Waals surface area contributed by atoms with Gasteiger partial charge >= 0.3 is 5.97 Å². The zero-order chi connectivity index (χ0) is 21.7. The summed E-state index contributed by atoms with van der Waals surface area (Å²) in [5, 5.41) is 12.5. The molecule has 0 aliphatic carbocycles. The second-order valence-electron chi connectivity index (χ2n) is 8.14. The average Bonchev–Trinajstić information content (AvgIpc) is 3.11. The monoisotopic (exact) mass is 412 g/mol. The van der Waals surface area contributed by atoms with Crippen molar-refractivity contribution in [2.45, 2.75) is 46.3 Å². The van der Waals surface area contributed by atoms with Gasteiger partial charge in [0.05, 0.1) is 6.54 Å². The highest BCUT2D eigenvalue weighted by Crippen LogP contribution is 2.24. The van der Waals surface area contributed by atoms with Crippen LogP contribution in [0.15, 0.2) is 48.5 Å².